The Morgan fingerprint density at radius 2 is 1.90 bits per heavy atom. The highest BCUT2D eigenvalue weighted by Gasteiger charge is 2.30. The topological polar surface area (TPSA) is 115 Å². The van der Waals surface area contributed by atoms with Crippen LogP contribution in [0.15, 0.2) is 53.6 Å². The lowest BCUT2D eigenvalue weighted by molar-refractivity contribution is -0.136. The van der Waals surface area contributed by atoms with Crippen LogP contribution >= 0.6 is 11.3 Å². The first-order chi connectivity index (χ1) is 18.9. The molecule has 10 heteroatoms. The summed E-state index contributed by atoms with van der Waals surface area (Å²) in [6.45, 7) is 4.48. The van der Waals surface area contributed by atoms with Crippen LogP contribution in [0.25, 0.3) is 0 Å². The molecule has 0 bridgehead atoms. The first-order valence-electron chi connectivity index (χ1n) is 12.7. The van der Waals surface area contributed by atoms with Crippen LogP contribution in [-0.2, 0) is 33.8 Å². The number of fused-ring (bicyclic) bond motifs is 1. The van der Waals surface area contributed by atoms with E-state index in [1.165, 1.54) is 24.7 Å². The fourth-order valence-corrected chi connectivity index (χ4v) is 5.65. The summed E-state index contributed by atoms with van der Waals surface area (Å²) in [5.41, 5.74) is 5.12. The monoisotopic (exact) mass is 549 g/mol. The number of anilines is 1. The Morgan fingerprint density at radius 1 is 1.10 bits per heavy atom. The van der Waals surface area contributed by atoms with Gasteiger partial charge in [-0.3, -0.25) is 9.59 Å². The second kappa shape index (κ2) is 13.1. The lowest BCUT2D eigenvalue weighted by Crippen LogP contribution is -2.32. The van der Waals surface area contributed by atoms with Crippen molar-refractivity contribution in [1.29, 1.82) is 0 Å². The number of amides is 2. The number of carbonyl (C=O) groups excluding carboxylic acids is 3. The van der Waals surface area contributed by atoms with Crippen LogP contribution in [0.1, 0.15) is 52.2 Å². The number of ether oxygens (including phenoxy) is 3. The molecule has 4 rings (SSSR count). The summed E-state index contributed by atoms with van der Waals surface area (Å²) in [5.74, 6) is -0.838. The molecule has 9 nitrogen and oxygen atoms in total. The van der Waals surface area contributed by atoms with E-state index in [1.807, 2.05) is 30.3 Å². The number of methoxy groups -OCH3 is 1. The molecule has 1 heterocycles. The van der Waals surface area contributed by atoms with Crippen molar-refractivity contribution in [2.45, 2.75) is 39.7 Å². The summed E-state index contributed by atoms with van der Waals surface area (Å²) in [6.07, 6.45) is 3.89. The number of nitrogens with zero attached hydrogens (tertiary/aromatic N) is 1. The number of hydrazone groups is 1. The molecule has 1 unspecified atom stereocenters. The molecule has 1 aliphatic carbocycles. The van der Waals surface area contributed by atoms with Gasteiger partial charge in [-0.25, -0.2) is 10.2 Å². The van der Waals surface area contributed by atoms with Crippen molar-refractivity contribution in [2.24, 2.45) is 11.0 Å². The zero-order valence-electron chi connectivity index (χ0n) is 22.1. The van der Waals surface area contributed by atoms with E-state index in [1.54, 1.807) is 25.1 Å². The van der Waals surface area contributed by atoms with Crippen LogP contribution in [0.5, 0.6) is 11.5 Å². The number of benzene rings is 2. The van der Waals surface area contributed by atoms with Gasteiger partial charge in [0, 0.05) is 4.88 Å². The van der Waals surface area contributed by atoms with Crippen LogP contribution in [-0.4, -0.2) is 37.7 Å². The first-order valence-corrected chi connectivity index (χ1v) is 13.5. The minimum absolute atomic E-state index is 0.216. The minimum Gasteiger partial charge on any atom is -0.493 e. The van der Waals surface area contributed by atoms with Gasteiger partial charge < -0.3 is 19.5 Å². The summed E-state index contributed by atoms with van der Waals surface area (Å²) >= 11 is 1.32. The van der Waals surface area contributed by atoms with Gasteiger partial charge in [0.15, 0.2) is 11.5 Å². The largest absolute Gasteiger partial charge is 0.493 e. The highest BCUT2D eigenvalue weighted by molar-refractivity contribution is 7.17. The molecule has 1 aromatic heterocycles. The van der Waals surface area contributed by atoms with E-state index in [-0.39, 0.29) is 6.61 Å². The zero-order chi connectivity index (χ0) is 27.8. The maximum atomic E-state index is 12.6. The molecule has 2 aromatic carbocycles. The molecule has 3 aromatic rings. The molecule has 0 saturated heterocycles. The summed E-state index contributed by atoms with van der Waals surface area (Å²) in [6, 6.07) is 15.0. The van der Waals surface area contributed by atoms with E-state index < -0.39 is 17.8 Å². The Labute approximate surface area is 231 Å². The maximum Gasteiger partial charge on any atom is 0.341 e. The second-order valence-corrected chi connectivity index (χ2v) is 10.2. The lowest BCUT2D eigenvalue weighted by atomic mass is 9.88. The highest BCUT2D eigenvalue weighted by atomic mass is 32.1. The van der Waals surface area contributed by atoms with Crippen molar-refractivity contribution in [3.63, 3.8) is 0 Å². The summed E-state index contributed by atoms with van der Waals surface area (Å²) in [5, 5.41) is 6.80. The Balaban J connectivity index is 1.38. The van der Waals surface area contributed by atoms with Crippen molar-refractivity contribution >= 4 is 40.3 Å². The van der Waals surface area contributed by atoms with Gasteiger partial charge in [-0.1, -0.05) is 37.3 Å². The summed E-state index contributed by atoms with van der Waals surface area (Å²) in [7, 11) is 1.53. The number of hydrogen-bond donors (Lipinski definition) is 2. The molecule has 0 radical (unpaired) electrons. The Hall–Kier alpha value is -4.18. The standard InChI is InChI=1S/C29H31N3O6S/c1-4-37-29(35)25-21-12-10-18(2)14-24(21)39-28(25)31-26(33)27(34)32-30-16-20-11-13-22(23(15-20)36-3)38-17-19-8-6-5-7-9-19/h5-9,11,13,15-16,18H,4,10,12,14,17H2,1-3H3,(H,31,33)(H,32,34)/b30-16+. The number of carbonyl (C=O) groups is 3. The van der Waals surface area contributed by atoms with Crippen LogP contribution in [0.4, 0.5) is 5.00 Å². The Kier molecular flexibility index (Phi) is 9.32. The predicted molar refractivity (Wildman–Crippen MR) is 150 cm³/mol. The molecule has 0 saturated carbocycles. The van der Waals surface area contributed by atoms with Crippen LogP contribution in [0.2, 0.25) is 0 Å². The molecule has 1 aliphatic rings. The molecule has 1 atom stereocenters. The van der Waals surface area contributed by atoms with Crippen molar-refractivity contribution in [3.05, 3.63) is 75.7 Å². The maximum absolute atomic E-state index is 12.6. The molecular weight excluding hydrogens is 518 g/mol. The average molecular weight is 550 g/mol. The van der Waals surface area contributed by atoms with E-state index in [0.29, 0.717) is 40.2 Å². The van der Waals surface area contributed by atoms with Crippen LogP contribution in [0.3, 0.4) is 0 Å². The SMILES string of the molecule is CCOC(=O)c1c(NC(=O)C(=O)N/N=C/c2ccc(OCc3ccccc3)c(OC)c2)sc2c1CCC(C)C2. The van der Waals surface area contributed by atoms with Gasteiger partial charge in [0.1, 0.15) is 11.6 Å². The van der Waals surface area contributed by atoms with Gasteiger partial charge in [0.25, 0.3) is 0 Å². The van der Waals surface area contributed by atoms with Crippen molar-refractivity contribution in [1.82, 2.24) is 5.43 Å². The van der Waals surface area contributed by atoms with E-state index in [4.69, 9.17) is 14.2 Å². The number of thiophene rings is 1. The first kappa shape index (κ1) is 27.8. The molecule has 39 heavy (non-hydrogen) atoms. The third-order valence-corrected chi connectivity index (χ3v) is 7.40. The smallest absolute Gasteiger partial charge is 0.341 e. The van der Waals surface area contributed by atoms with Crippen LogP contribution < -0.4 is 20.2 Å². The molecule has 2 amide bonds. The molecular formula is C29H31N3O6S. The average Bonchev–Trinajstić information content (AvgIpc) is 3.29. The minimum atomic E-state index is -0.962. The van der Waals surface area contributed by atoms with Gasteiger partial charge in [-0.15, -0.1) is 11.3 Å². The zero-order valence-corrected chi connectivity index (χ0v) is 22.9. The molecule has 2 N–H and O–H groups in total. The summed E-state index contributed by atoms with van der Waals surface area (Å²) in [4.78, 5) is 38.7. The third-order valence-electron chi connectivity index (χ3n) is 6.23. The van der Waals surface area contributed by atoms with Gasteiger partial charge in [-0.2, -0.15) is 5.10 Å². The van der Waals surface area contributed by atoms with Gasteiger partial charge in [0.2, 0.25) is 0 Å². The second-order valence-electron chi connectivity index (χ2n) is 9.11. The number of esters is 1. The van der Waals surface area contributed by atoms with Crippen molar-refractivity contribution in [3.8, 4) is 11.5 Å². The normalized spacial score (nSPS) is 14.4. The lowest BCUT2D eigenvalue weighted by Gasteiger charge is -2.18. The highest BCUT2D eigenvalue weighted by Crippen LogP contribution is 2.40. The van der Waals surface area contributed by atoms with Crippen molar-refractivity contribution < 1.29 is 28.6 Å². The fraction of sp³-hybridized carbons (Fsp3) is 0.310. The van der Waals surface area contributed by atoms with Crippen LogP contribution in [0, 0.1) is 5.92 Å². The number of rotatable bonds is 9. The predicted octanol–water partition coefficient (Wildman–Crippen LogP) is 4.73. The molecule has 204 valence electrons. The van der Waals surface area contributed by atoms with Gasteiger partial charge in [-0.05, 0) is 67.0 Å². The van der Waals surface area contributed by atoms with E-state index in [2.05, 4.69) is 22.8 Å². The van der Waals surface area contributed by atoms with Gasteiger partial charge in [0.05, 0.1) is 25.5 Å². The van der Waals surface area contributed by atoms with E-state index in [9.17, 15) is 14.4 Å². The summed E-state index contributed by atoms with van der Waals surface area (Å²) < 4.78 is 16.5. The van der Waals surface area contributed by atoms with Gasteiger partial charge >= 0.3 is 17.8 Å². The molecule has 0 aliphatic heterocycles. The van der Waals surface area contributed by atoms with E-state index in [0.717, 1.165) is 35.3 Å². The molecule has 0 fully saturated rings. The quantitative estimate of drug-likeness (QED) is 0.173. The fourth-order valence-electron chi connectivity index (χ4n) is 4.25. The van der Waals surface area contributed by atoms with E-state index >= 15 is 0 Å². The number of nitrogens with one attached hydrogen (secondary N) is 2. The van der Waals surface area contributed by atoms with Crippen molar-refractivity contribution in [2.75, 3.05) is 19.0 Å². The number of hydrogen-bond acceptors (Lipinski definition) is 8. The third kappa shape index (κ3) is 7.02. The Morgan fingerprint density at radius 3 is 2.64 bits per heavy atom. The Bertz CT molecular complexity index is 1370. The molecule has 0 spiro atoms.